The Morgan fingerprint density at radius 2 is 1.84 bits per heavy atom. The van der Waals surface area contributed by atoms with Crippen molar-refractivity contribution in [1.82, 2.24) is 9.55 Å². The van der Waals surface area contributed by atoms with Crippen molar-refractivity contribution in [3.8, 4) is 11.4 Å². The summed E-state index contributed by atoms with van der Waals surface area (Å²) in [6, 6.07) is 18.5. The van der Waals surface area contributed by atoms with Crippen LogP contribution in [0.25, 0.3) is 16.6 Å². The van der Waals surface area contributed by atoms with Gasteiger partial charge in [0.15, 0.2) is 16.7 Å². The molecule has 32 heavy (non-hydrogen) atoms. The Kier molecular flexibility index (Phi) is 6.23. The number of hydrogen-bond acceptors (Lipinski definition) is 6. The van der Waals surface area contributed by atoms with Crippen LogP contribution in [0.5, 0.6) is 5.75 Å². The van der Waals surface area contributed by atoms with E-state index in [4.69, 9.17) is 9.47 Å². The number of carbonyl (C=O) groups is 1. The van der Waals surface area contributed by atoms with E-state index in [0.29, 0.717) is 38.6 Å². The van der Waals surface area contributed by atoms with Gasteiger partial charge in [-0.3, -0.25) is 9.36 Å². The highest BCUT2D eigenvalue weighted by Gasteiger charge is 2.16. The SMILES string of the molecule is COC(=O)c1ccc2c(=O)n(-c3ccccc3)c(SCc3ccc(OC)c(F)c3)nc2c1. The molecular formula is C24H19FN2O4S. The van der Waals surface area contributed by atoms with Gasteiger partial charge in [-0.25, -0.2) is 14.2 Å². The van der Waals surface area contributed by atoms with Gasteiger partial charge >= 0.3 is 5.97 Å². The van der Waals surface area contributed by atoms with Gasteiger partial charge in [0.25, 0.3) is 5.56 Å². The average Bonchev–Trinajstić information content (AvgIpc) is 2.82. The number of hydrogen-bond donors (Lipinski definition) is 0. The lowest BCUT2D eigenvalue weighted by atomic mass is 10.1. The third kappa shape index (κ3) is 4.22. The summed E-state index contributed by atoms with van der Waals surface area (Å²) in [6.07, 6.45) is 0. The first-order chi connectivity index (χ1) is 15.5. The molecule has 0 aliphatic carbocycles. The molecule has 4 rings (SSSR count). The molecule has 0 aliphatic rings. The third-order valence-corrected chi connectivity index (χ3v) is 5.87. The summed E-state index contributed by atoms with van der Waals surface area (Å²) < 4.78 is 25.4. The number of esters is 1. The zero-order valence-corrected chi connectivity index (χ0v) is 18.2. The van der Waals surface area contributed by atoms with E-state index >= 15 is 0 Å². The third-order valence-electron chi connectivity index (χ3n) is 4.86. The van der Waals surface area contributed by atoms with Crippen LogP contribution in [-0.2, 0) is 10.5 Å². The van der Waals surface area contributed by atoms with Crippen LogP contribution in [0, 0.1) is 5.82 Å². The van der Waals surface area contributed by atoms with Crippen molar-refractivity contribution < 1.29 is 18.7 Å². The minimum absolute atomic E-state index is 0.166. The van der Waals surface area contributed by atoms with Crippen molar-refractivity contribution in [2.24, 2.45) is 0 Å². The van der Waals surface area contributed by atoms with Gasteiger partial charge < -0.3 is 9.47 Å². The molecule has 0 aliphatic heterocycles. The maximum atomic E-state index is 14.1. The number of carbonyl (C=O) groups excluding carboxylic acids is 1. The Labute approximate surface area is 187 Å². The smallest absolute Gasteiger partial charge is 0.337 e. The summed E-state index contributed by atoms with van der Waals surface area (Å²) in [5, 5.41) is 0.799. The molecule has 0 atom stereocenters. The summed E-state index contributed by atoms with van der Waals surface area (Å²) >= 11 is 1.29. The van der Waals surface area contributed by atoms with Gasteiger partial charge in [-0.2, -0.15) is 0 Å². The summed E-state index contributed by atoms with van der Waals surface area (Å²) in [6.45, 7) is 0. The normalized spacial score (nSPS) is 10.8. The predicted octanol–water partition coefficient (Wildman–Crippen LogP) is 4.61. The lowest BCUT2D eigenvalue weighted by molar-refractivity contribution is 0.0601. The zero-order valence-electron chi connectivity index (χ0n) is 17.4. The molecule has 3 aromatic carbocycles. The van der Waals surface area contributed by atoms with Crippen LogP contribution < -0.4 is 10.3 Å². The number of fused-ring (bicyclic) bond motifs is 1. The van der Waals surface area contributed by atoms with E-state index in [0.717, 1.165) is 0 Å². The van der Waals surface area contributed by atoms with Crippen LogP contribution in [0.2, 0.25) is 0 Å². The Balaban J connectivity index is 1.81. The highest BCUT2D eigenvalue weighted by molar-refractivity contribution is 7.98. The molecule has 4 aromatic rings. The second-order valence-corrected chi connectivity index (χ2v) is 7.79. The van der Waals surface area contributed by atoms with Crippen molar-refractivity contribution in [2.45, 2.75) is 10.9 Å². The molecule has 6 nitrogen and oxygen atoms in total. The second kappa shape index (κ2) is 9.23. The number of aromatic nitrogens is 2. The summed E-state index contributed by atoms with van der Waals surface area (Å²) in [7, 11) is 2.70. The molecule has 0 unspecified atom stereocenters. The lowest BCUT2D eigenvalue weighted by Crippen LogP contribution is -2.22. The number of thioether (sulfide) groups is 1. The fraction of sp³-hybridized carbons (Fsp3) is 0.125. The first-order valence-electron chi connectivity index (χ1n) is 9.67. The second-order valence-electron chi connectivity index (χ2n) is 6.85. The molecule has 0 saturated carbocycles. The molecule has 0 spiro atoms. The molecule has 0 fully saturated rings. The van der Waals surface area contributed by atoms with Crippen molar-refractivity contribution in [3.63, 3.8) is 0 Å². The van der Waals surface area contributed by atoms with Crippen molar-refractivity contribution in [2.75, 3.05) is 14.2 Å². The standard InChI is InChI=1S/C24H19FN2O4S/c1-30-21-11-8-15(12-19(21)25)14-32-24-26-20-13-16(23(29)31-2)9-10-18(20)22(28)27(24)17-6-4-3-5-7-17/h3-13H,14H2,1-2H3. The molecule has 162 valence electrons. The van der Waals surface area contributed by atoms with Crippen LogP contribution in [0.3, 0.4) is 0 Å². The fourth-order valence-electron chi connectivity index (χ4n) is 3.26. The van der Waals surface area contributed by atoms with E-state index in [9.17, 15) is 14.0 Å². The molecule has 1 heterocycles. The Bertz CT molecular complexity index is 1360. The van der Waals surface area contributed by atoms with E-state index in [1.54, 1.807) is 24.3 Å². The number of nitrogens with zero attached hydrogens (tertiary/aromatic N) is 2. The molecular weight excluding hydrogens is 431 g/mol. The first-order valence-corrected chi connectivity index (χ1v) is 10.7. The van der Waals surface area contributed by atoms with E-state index in [1.165, 1.54) is 42.7 Å². The summed E-state index contributed by atoms with van der Waals surface area (Å²) in [4.78, 5) is 30.0. The minimum atomic E-state index is -0.510. The van der Waals surface area contributed by atoms with Crippen LogP contribution in [-0.4, -0.2) is 29.7 Å². The number of benzene rings is 3. The quantitative estimate of drug-likeness (QED) is 0.243. The number of halogens is 1. The van der Waals surface area contributed by atoms with Crippen molar-refractivity contribution in [1.29, 1.82) is 0 Å². The molecule has 0 saturated heterocycles. The van der Waals surface area contributed by atoms with E-state index in [-0.39, 0.29) is 11.3 Å². The summed E-state index contributed by atoms with van der Waals surface area (Å²) in [5.41, 5.74) is 1.80. The molecule has 0 N–H and O–H groups in total. The van der Waals surface area contributed by atoms with Gasteiger partial charge in [0.1, 0.15) is 0 Å². The number of para-hydroxylation sites is 1. The van der Waals surface area contributed by atoms with Gasteiger partial charge in [-0.15, -0.1) is 0 Å². The predicted molar refractivity (Wildman–Crippen MR) is 121 cm³/mol. The van der Waals surface area contributed by atoms with Gasteiger partial charge in [-0.05, 0) is 48.0 Å². The molecule has 0 radical (unpaired) electrons. The van der Waals surface area contributed by atoms with Gasteiger partial charge in [-0.1, -0.05) is 36.0 Å². The highest BCUT2D eigenvalue weighted by atomic mass is 32.2. The van der Waals surface area contributed by atoms with Crippen LogP contribution in [0.15, 0.2) is 76.7 Å². The van der Waals surface area contributed by atoms with E-state index in [2.05, 4.69) is 4.98 Å². The monoisotopic (exact) mass is 450 g/mol. The molecule has 1 aromatic heterocycles. The maximum absolute atomic E-state index is 14.1. The van der Waals surface area contributed by atoms with Gasteiger partial charge in [0.05, 0.1) is 36.4 Å². The lowest BCUT2D eigenvalue weighted by Gasteiger charge is -2.14. The van der Waals surface area contributed by atoms with Gasteiger partial charge in [0, 0.05) is 5.75 Å². The van der Waals surface area contributed by atoms with Crippen LogP contribution in [0.4, 0.5) is 4.39 Å². The first kappa shape index (κ1) is 21.6. The number of methoxy groups -OCH3 is 2. The molecule has 0 amide bonds. The Morgan fingerprint density at radius 3 is 2.53 bits per heavy atom. The number of ether oxygens (including phenoxy) is 2. The van der Waals surface area contributed by atoms with Gasteiger partial charge in [0.2, 0.25) is 0 Å². The highest BCUT2D eigenvalue weighted by Crippen LogP contribution is 2.27. The minimum Gasteiger partial charge on any atom is -0.494 e. The molecule has 0 bridgehead atoms. The molecule has 8 heteroatoms. The zero-order chi connectivity index (χ0) is 22.7. The fourth-order valence-corrected chi connectivity index (χ4v) is 4.21. The Morgan fingerprint density at radius 1 is 1.06 bits per heavy atom. The topological polar surface area (TPSA) is 70.4 Å². The maximum Gasteiger partial charge on any atom is 0.337 e. The number of rotatable bonds is 6. The van der Waals surface area contributed by atoms with Crippen LogP contribution >= 0.6 is 11.8 Å². The van der Waals surface area contributed by atoms with Crippen LogP contribution in [0.1, 0.15) is 15.9 Å². The average molecular weight is 450 g/mol. The largest absolute Gasteiger partial charge is 0.494 e. The Hall–Kier alpha value is -3.65. The van der Waals surface area contributed by atoms with E-state index in [1.807, 2.05) is 30.3 Å². The van der Waals surface area contributed by atoms with Crippen molar-refractivity contribution >= 4 is 28.6 Å². The van der Waals surface area contributed by atoms with E-state index < -0.39 is 11.8 Å². The van der Waals surface area contributed by atoms with Crippen molar-refractivity contribution in [3.05, 3.63) is 94.0 Å². The summed E-state index contributed by atoms with van der Waals surface area (Å²) in [5.74, 6) is -0.425.